The Labute approximate surface area is 137 Å². The van der Waals surface area contributed by atoms with Crippen LogP contribution < -0.4 is 5.56 Å². The maximum absolute atomic E-state index is 12.7. The van der Waals surface area contributed by atoms with Gasteiger partial charge in [-0.15, -0.1) is 0 Å². The first-order valence-electron chi connectivity index (χ1n) is 8.09. The number of halogens is 3. The van der Waals surface area contributed by atoms with Gasteiger partial charge in [0.2, 0.25) is 0 Å². The fourth-order valence-electron chi connectivity index (χ4n) is 3.17. The molecule has 0 aliphatic carbocycles. The molecule has 24 heavy (non-hydrogen) atoms. The molecule has 0 radical (unpaired) electrons. The molecule has 0 atom stereocenters. The number of likely N-dealkylation sites (tertiary alicyclic amines) is 1. The SMILES string of the molecule is CN1CCC(CCn2cnc3cc(C(F)(F)F)ccc3c2=O)CC1. The molecule has 0 saturated carbocycles. The largest absolute Gasteiger partial charge is 0.416 e. The van der Waals surface area contributed by atoms with Crippen molar-refractivity contribution in [3.8, 4) is 0 Å². The highest BCUT2D eigenvalue weighted by Crippen LogP contribution is 2.30. The van der Waals surface area contributed by atoms with E-state index in [1.54, 1.807) is 0 Å². The maximum Gasteiger partial charge on any atom is 0.416 e. The lowest BCUT2D eigenvalue weighted by atomic mass is 9.94. The van der Waals surface area contributed by atoms with Gasteiger partial charge >= 0.3 is 6.18 Å². The molecule has 2 heterocycles. The number of hydrogen-bond donors (Lipinski definition) is 0. The molecule has 1 saturated heterocycles. The standard InChI is InChI=1S/C17H20F3N3O/c1-22-7-4-12(5-8-22)6-9-23-11-21-15-10-13(17(18,19)20)2-3-14(15)16(23)24/h2-3,10-12H,4-9H2,1H3. The molecule has 1 aliphatic rings. The first kappa shape index (κ1) is 17.0. The van der Waals surface area contributed by atoms with Crippen LogP contribution in [0.3, 0.4) is 0 Å². The molecule has 130 valence electrons. The van der Waals surface area contributed by atoms with E-state index < -0.39 is 11.7 Å². The number of nitrogens with zero attached hydrogens (tertiary/aromatic N) is 3. The molecule has 1 fully saturated rings. The number of hydrogen-bond acceptors (Lipinski definition) is 3. The summed E-state index contributed by atoms with van der Waals surface area (Å²) >= 11 is 0. The van der Waals surface area contributed by atoms with E-state index in [0.29, 0.717) is 12.5 Å². The Bertz CT molecular complexity index is 777. The average Bonchev–Trinajstić information content (AvgIpc) is 2.55. The maximum atomic E-state index is 12.7. The van der Waals surface area contributed by atoms with Gasteiger partial charge in [0.1, 0.15) is 0 Å². The minimum atomic E-state index is -4.43. The van der Waals surface area contributed by atoms with Gasteiger partial charge in [-0.1, -0.05) is 0 Å². The van der Waals surface area contributed by atoms with Crippen molar-refractivity contribution in [3.63, 3.8) is 0 Å². The summed E-state index contributed by atoms with van der Waals surface area (Å²) in [6, 6.07) is 3.09. The van der Waals surface area contributed by atoms with Crippen molar-refractivity contribution in [1.82, 2.24) is 14.5 Å². The fourth-order valence-corrected chi connectivity index (χ4v) is 3.17. The third-order valence-corrected chi connectivity index (χ3v) is 4.77. The van der Waals surface area contributed by atoms with E-state index in [4.69, 9.17) is 0 Å². The third-order valence-electron chi connectivity index (χ3n) is 4.77. The van der Waals surface area contributed by atoms with Crippen LogP contribution in [0.15, 0.2) is 29.3 Å². The Morgan fingerprint density at radius 2 is 1.96 bits per heavy atom. The molecule has 1 aliphatic heterocycles. The van der Waals surface area contributed by atoms with Gasteiger partial charge in [0.15, 0.2) is 0 Å². The van der Waals surface area contributed by atoms with Gasteiger partial charge in [-0.25, -0.2) is 4.98 Å². The fraction of sp³-hybridized carbons (Fsp3) is 0.529. The lowest BCUT2D eigenvalue weighted by molar-refractivity contribution is -0.137. The van der Waals surface area contributed by atoms with Crippen molar-refractivity contribution in [3.05, 3.63) is 40.4 Å². The molecule has 1 aromatic heterocycles. The first-order chi connectivity index (χ1) is 11.3. The predicted octanol–water partition coefficient (Wildman–Crippen LogP) is 3.15. The van der Waals surface area contributed by atoms with Crippen LogP contribution >= 0.6 is 0 Å². The first-order valence-corrected chi connectivity index (χ1v) is 8.09. The van der Waals surface area contributed by atoms with E-state index in [0.717, 1.165) is 44.5 Å². The number of piperidine rings is 1. The van der Waals surface area contributed by atoms with Gasteiger partial charge in [0.25, 0.3) is 5.56 Å². The topological polar surface area (TPSA) is 38.1 Å². The monoisotopic (exact) mass is 339 g/mol. The van der Waals surface area contributed by atoms with Crippen LogP contribution in [0.1, 0.15) is 24.8 Å². The quantitative estimate of drug-likeness (QED) is 0.862. The summed E-state index contributed by atoms with van der Waals surface area (Å²) in [5.41, 5.74) is -0.974. The summed E-state index contributed by atoms with van der Waals surface area (Å²) in [5, 5.41) is 0.230. The Morgan fingerprint density at radius 3 is 2.62 bits per heavy atom. The summed E-state index contributed by atoms with van der Waals surface area (Å²) in [6.07, 6.45) is 0.0443. The molecular formula is C17H20F3N3O. The van der Waals surface area contributed by atoms with Crippen LogP contribution in [0, 0.1) is 5.92 Å². The zero-order valence-electron chi connectivity index (χ0n) is 13.5. The molecule has 2 aromatic rings. The van der Waals surface area contributed by atoms with Gasteiger partial charge in [-0.3, -0.25) is 9.36 Å². The third kappa shape index (κ3) is 3.61. The highest BCUT2D eigenvalue weighted by Gasteiger charge is 2.30. The summed E-state index contributed by atoms with van der Waals surface area (Å²) < 4.78 is 39.7. The number of alkyl halides is 3. The molecule has 0 amide bonds. The number of aromatic nitrogens is 2. The van der Waals surface area contributed by atoms with Crippen LogP contribution in [0.2, 0.25) is 0 Å². The van der Waals surface area contributed by atoms with Crippen molar-refractivity contribution in [1.29, 1.82) is 0 Å². The highest BCUT2D eigenvalue weighted by atomic mass is 19.4. The predicted molar refractivity (Wildman–Crippen MR) is 85.8 cm³/mol. The van der Waals surface area contributed by atoms with E-state index in [1.807, 2.05) is 0 Å². The van der Waals surface area contributed by atoms with Crippen molar-refractivity contribution in [2.75, 3.05) is 20.1 Å². The average molecular weight is 339 g/mol. The molecule has 0 bridgehead atoms. The summed E-state index contributed by atoms with van der Waals surface area (Å²) in [7, 11) is 2.10. The van der Waals surface area contributed by atoms with E-state index in [-0.39, 0.29) is 16.5 Å². The normalized spacial score (nSPS) is 17.5. The summed E-state index contributed by atoms with van der Waals surface area (Å²) in [4.78, 5) is 18.8. The second kappa shape index (κ2) is 6.55. The Balaban J connectivity index is 1.78. The van der Waals surface area contributed by atoms with Gasteiger partial charge < -0.3 is 4.90 Å². The van der Waals surface area contributed by atoms with Gasteiger partial charge in [-0.05, 0) is 63.5 Å². The van der Waals surface area contributed by atoms with Gasteiger partial charge in [0, 0.05) is 6.54 Å². The van der Waals surface area contributed by atoms with Crippen LogP contribution in [0.5, 0.6) is 0 Å². The minimum Gasteiger partial charge on any atom is -0.306 e. The van der Waals surface area contributed by atoms with Crippen LogP contribution in [0.25, 0.3) is 10.9 Å². The Hall–Kier alpha value is -1.89. The van der Waals surface area contributed by atoms with Gasteiger partial charge in [-0.2, -0.15) is 13.2 Å². The molecule has 7 heteroatoms. The van der Waals surface area contributed by atoms with E-state index in [9.17, 15) is 18.0 Å². The summed E-state index contributed by atoms with van der Waals surface area (Å²) in [5.74, 6) is 0.580. The van der Waals surface area contributed by atoms with E-state index in [1.165, 1.54) is 17.0 Å². The highest BCUT2D eigenvalue weighted by molar-refractivity contribution is 5.78. The minimum absolute atomic E-state index is 0.0883. The molecule has 4 nitrogen and oxygen atoms in total. The van der Waals surface area contributed by atoms with Crippen LogP contribution in [0.4, 0.5) is 13.2 Å². The molecule has 0 N–H and O–H groups in total. The van der Waals surface area contributed by atoms with Crippen molar-refractivity contribution >= 4 is 10.9 Å². The molecular weight excluding hydrogens is 319 g/mol. The van der Waals surface area contributed by atoms with Crippen LogP contribution in [-0.2, 0) is 12.7 Å². The lowest BCUT2D eigenvalue weighted by Gasteiger charge is -2.28. The van der Waals surface area contributed by atoms with Gasteiger partial charge in [0.05, 0.1) is 22.8 Å². The zero-order valence-corrected chi connectivity index (χ0v) is 13.5. The van der Waals surface area contributed by atoms with Crippen LogP contribution in [-0.4, -0.2) is 34.6 Å². The van der Waals surface area contributed by atoms with Crippen molar-refractivity contribution < 1.29 is 13.2 Å². The van der Waals surface area contributed by atoms with E-state index in [2.05, 4.69) is 16.9 Å². The summed E-state index contributed by atoms with van der Waals surface area (Å²) in [6.45, 7) is 2.68. The number of fused-ring (bicyclic) bond motifs is 1. The number of aryl methyl sites for hydroxylation is 1. The molecule has 1 aromatic carbocycles. The Kier molecular flexibility index (Phi) is 4.62. The smallest absolute Gasteiger partial charge is 0.306 e. The Morgan fingerprint density at radius 1 is 1.25 bits per heavy atom. The second-order valence-electron chi connectivity index (χ2n) is 6.51. The zero-order chi connectivity index (χ0) is 17.3. The number of rotatable bonds is 3. The lowest BCUT2D eigenvalue weighted by Crippen LogP contribution is -2.31. The van der Waals surface area contributed by atoms with Crippen molar-refractivity contribution in [2.45, 2.75) is 32.0 Å². The number of benzene rings is 1. The molecule has 0 spiro atoms. The second-order valence-corrected chi connectivity index (χ2v) is 6.51. The molecule has 0 unspecified atom stereocenters. The van der Waals surface area contributed by atoms with E-state index >= 15 is 0 Å². The molecule has 3 rings (SSSR count). The van der Waals surface area contributed by atoms with Crippen molar-refractivity contribution in [2.24, 2.45) is 5.92 Å².